The first-order valence-electron chi connectivity index (χ1n) is 18.5. The third-order valence-electron chi connectivity index (χ3n) is 10.9. The molecular weight excluding hydrogens is 932 g/mol. The van der Waals surface area contributed by atoms with E-state index in [1.165, 1.54) is 48.2 Å². The second-order valence-corrected chi connectivity index (χ2v) is 17.7. The lowest BCUT2D eigenvalue weighted by molar-refractivity contribution is 0.0298. The van der Waals surface area contributed by atoms with Gasteiger partial charge in [0, 0.05) is 61.0 Å². The molecule has 274 valence electrons. The second kappa shape index (κ2) is 15.6. The predicted octanol–water partition coefficient (Wildman–Crippen LogP) is 13.2. The zero-order valence-electron chi connectivity index (χ0n) is 30.3. The molecule has 0 saturated carbocycles. The van der Waals surface area contributed by atoms with Crippen LogP contribution in [0.5, 0.6) is 0 Å². The van der Waals surface area contributed by atoms with E-state index in [0.717, 1.165) is 78.6 Å². The van der Waals surface area contributed by atoms with Gasteiger partial charge in [-0.15, -0.1) is 0 Å². The van der Waals surface area contributed by atoms with Gasteiger partial charge in [0.2, 0.25) is 0 Å². The molecular formula is C46H40Br4N2O2. The van der Waals surface area contributed by atoms with Gasteiger partial charge in [-0.1, -0.05) is 83.9 Å². The molecule has 0 aromatic heterocycles. The fourth-order valence-electron chi connectivity index (χ4n) is 7.91. The van der Waals surface area contributed by atoms with Crippen LogP contribution in [0.15, 0.2) is 127 Å². The molecule has 0 spiro atoms. The summed E-state index contributed by atoms with van der Waals surface area (Å²) in [6.45, 7) is 8.52. The molecule has 2 fully saturated rings. The van der Waals surface area contributed by atoms with E-state index in [4.69, 9.17) is 4.74 Å². The Balaban J connectivity index is 1.40. The van der Waals surface area contributed by atoms with Gasteiger partial charge in [-0.3, -0.25) is 0 Å². The van der Waals surface area contributed by atoms with Gasteiger partial charge in [-0.25, -0.2) is 4.79 Å². The van der Waals surface area contributed by atoms with Gasteiger partial charge >= 0.3 is 5.97 Å². The molecule has 3 aliphatic heterocycles. The number of nitrogens with zero attached hydrogens (tertiary/aromatic N) is 2. The summed E-state index contributed by atoms with van der Waals surface area (Å²) in [5, 5.41) is 0. The van der Waals surface area contributed by atoms with Gasteiger partial charge in [0.25, 0.3) is 0 Å². The Labute approximate surface area is 351 Å². The molecule has 0 aliphatic carbocycles. The summed E-state index contributed by atoms with van der Waals surface area (Å²) in [6, 6.07) is 34.9. The number of cyclic esters (lactones) is 1. The van der Waals surface area contributed by atoms with Gasteiger partial charge in [-0.2, -0.15) is 0 Å². The first-order valence-corrected chi connectivity index (χ1v) is 21.7. The molecule has 8 heteroatoms. The zero-order valence-corrected chi connectivity index (χ0v) is 36.6. The number of aryl methyl sites for hydroxylation is 2. The van der Waals surface area contributed by atoms with E-state index in [-0.39, 0.29) is 0 Å². The first-order chi connectivity index (χ1) is 26.1. The maximum absolute atomic E-state index is 14.3. The Hall–Kier alpha value is -3.43. The molecule has 0 atom stereocenters. The van der Waals surface area contributed by atoms with E-state index in [2.05, 4.69) is 197 Å². The molecule has 54 heavy (non-hydrogen) atoms. The summed E-state index contributed by atoms with van der Waals surface area (Å²) < 4.78 is 9.69. The molecule has 3 aliphatic rings. The van der Waals surface area contributed by atoms with Gasteiger partial charge < -0.3 is 14.5 Å². The van der Waals surface area contributed by atoms with Crippen LogP contribution in [-0.4, -0.2) is 32.1 Å². The zero-order chi connectivity index (χ0) is 37.6. The standard InChI is InChI=1S/C46H40Br4N2O2/c1-29-7-11-31(12-8-29)37(33-15-19-35(20-16-33)51-23-3-4-24-51)27-46(40-39(45(53)54-46)41(47)43(49)44(50)42(40)48)28-38(32-13-9-30(2)10-14-32)34-17-21-36(22-18-34)52-25-5-6-26-52/h7-22,27-28H,3-6,23-26H2,1-2H3/b37-27+,38-28+. The highest BCUT2D eigenvalue weighted by molar-refractivity contribution is 9.15. The van der Waals surface area contributed by atoms with Crippen molar-refractivity contribution in [2.75, 3.05) is 36.0 Å². The summed E-state index contributed by atoms with van der Waals surface area (Å²) in [7, 11) is 0. The van der Waals surface area contributed by atoms with E-state index in [1.54, 1.807) is 0 Å². The maximum atomic E-state index is 14.3. The number of hydrogen-bond donors (Lipinski definition) is 0. The van der Waals surface area contributed by atoms with E-state index >= 15 is 0 Å². The van der Waals surface area contributed by atoms with Crippen molar-refractivity contribution in [1.29, 1.82) is 0 Å². The van der Waals surface area contributed by atoms with Crippen LogP contribution in [0.25, 0.3) is 11.1 Å². The minimum atomic E-state index is -1.32. The van der Waals surface area contributed by atoms with Crippen molar-refractivity contribution in [2.45, 2.75) is 45.1 Å². The summed E-state index contributed by atoms with van der Waals surface area (Å²) in [5.41, 5.74) is 10.8. The van der Waals surface area contributed by atoms with Crippen molar-refractivity contribution in [3.05, 3.63) is 172 Å². The number of benzene rings is 5. The van der Waals surface area contributed by atoms with Crippen LogP contribution >= 0.6 is 63.7 Å². The monoisotopic (exact) mass is 968 g/mol. The van der Waals surface area contributed by atoms with Gasteiger partial charge in [0.1, 0.15) is 0 Å². The quantitative estimate of drug-likeness (QED) is 0.0881. The van der Waals surface area contributed by atoms with Crippen molar-refractivity contribution in [1.82, 2.24) is 0 Å². The van der Waals surface area contributed by atoms with Gasteiger partial charge in [0.05, 0.1) is 5.56 Å². The Kier molecular flexibility index (Phi) is 10.8. The lowest BCUT2D eigenvalue weighted by atomic mass is 9.83. The number of carbonyl (C=O) groups is 1. The average molecular weight is 972 g/mol. The van der Waals surface area contributed by atoms with Crippen molar-refractivity contribution in [3.8, 4) is 0 Å². The fraction of sp³-hybridized carbons (Fsp3) is 0.239. The largest absolute Gasteiger partial charge is 0.442 e. The summed E-state index contributed by atoms with van der Waals surface area (Å²) in [6.07, 6.45) is 9.17. The highest BCUT2D eigenvalue weighted by Crippen LogP contribution is 2.54. The molecule has 0 bridgehead atoms. The molecule has 5 aromatic rings. The lowest BCUT2D eigenvalue weighted by Gasteiger charge is -2.28. The van der Waals surface area contributed by atoms with Crippen LogP contribution < -0.4 is 9.80 Å². The average Bonchev–Trinajstić information content (AvgIpc) is 3.98. The van der Waals surface area contributed by atoms with Crippen molar-refractivity contribution in [2.24, 2.45) is 0 Å². The Morgan fingerprint density at radius 3 is 1.28 bits per heavy atom. The first kappa shape index (κ1) is 37.5. The highest BCUT2D eigenvalue weighted by atomic mass is 79.9. The topological polar surface area (TPSA) is 32.8 Å². The molecule has 0 amide bonds. The molecule has 2 saturated heterocycles. The molecule has 8 rings (SSSR count). The van der Waals surface area contributed by atoms with Crippen LogP contribution in [0.1, 0.15) is 75.0 Å². The predicted molar refractivity (Wildman–Crippen MR) is 237 cm³/mol. The number of hydrogen-bond acceptors (Lipinski definition) is 4. The van der Waals surface area contributed by atoms with Crippen LogP contribution in [0.3, 0.4) is 0 Å². The van der Waals surface area contributed by atoms with E-state index < -0.39 is 11.6 Å². The molecule has 0 radical (unpaired) electrons. The Morgan fingerprint density at radius 2 is 0.889 bits per heavy atom. The van der Waals surface area contributed by atoms with Gasteiger partial charge in [-0.05, 0) is 173 Å². The maximum Gasteiger partial charge on any atom is 0.341 e. The number of carbonyl (C=O) groups excluding carboxylic acids is 1. The van der Waals surface area contributed by atoms with Crippen LogP contribution in [0.2, 0.25) is 0 Å². The van der Waals surface area contributed by atoms with E-state index in [9.17, 15) is 4.79 Å². The molecule has 3 heterocycles. The van der Waals surface area contributed by atoms with Crippen LogP contribution in [0, 0.1) is 13.8 Å². The van der Waals surface area contributed by atoms with Crippen molar-refractivity contribution >= 4 is 92.2 Å². The minimum Gasteiger partial charge on any atom is -0.442 e. The lowest BCUT2D eigenvalue weighted by Crippen LogP contribution is -2.23. The number of anilines is 2. The molecule has 4 nitrogen and oxygen atoms in total. The number of fused-ring (bicyclic) bond motifs is 1. The smallest absolute Gasteiger partial charge is 0.341 e. The third kappa shape index (κ3) is 7.20. The SMILES string of the molecule is Cc1ccc(/C(=C\C2(/C=C(\c3ccc(C)cc3)c3ccc(N4CCCC4)cc3)OC(=O)c3c(Br)c(Br)c(Br)c(Br)c32)c2ccc(N3CCCC3)cc2)cc1. The molecule has 5 aromatic carbocycles. The molecule has 0 unspecified atom stereocenters. The van der Waals surface area contributed by atoms with Crippen LogP contribution in [0.4, 0.5) is 11.4 Å². The third-order valence-corrected chi connectivity index (χ3v) is 15.6. The Bertz CT molecular complexity index is 2150. The molecule has 0 N–H and O–H groups in total. The number of ether oxygens (including phenoxy) is 1. The van der Waals surface area contributed by atoms with Gasteiger partial charge in [0.15, 0.2) is 5.60 Å². The minimum absolute atomic E-state index is 0.404. The van der Waals surface area contributed by atoms with Crippen molar-refractivity contribution in [3.63, 3.8) is 0 Å². The van der Waals surface area contributed by atoms with E-state index in [1.807, 2.05) is 0 Å². The van der Waals surface area contributed by atoms with E-state index in [0.29, 0.717) is 10.0 Å². The number of esters is 1. The van der Waals surface area contributed by atoms with Crippen molar-refractivity contribution < 1.29 is 9.53 Å². The summed E-state index contributed by atoms with van der Waals surface area (Å²) >= 11 is 15.2. The number of rotatable bonds is 8. The summed E-state index contributed by atoms with van der Waals surface area (Å²) in [4.78, 5) is 19.2. The Morgan fingerprint density at radius 1 is 0.537 bits per heavy atom. The number of halogens is 4. The summed E-state index contributed by atoms with van der Waals surface area (Å²) in [5.74, 6) is -0.404. The second-order valence-electron chi connectivity index (χ2n) is 14.5. The fourth-order valence-corrected chi connectivity index (χ4v) is 10.5. The highest BCUT2D eigenvalue weighted by Gasteiger charge is 2.48. The van der Waals surface area contributed by atoms with Crippen LogP contribution in [-0.2, 0) is 10.3 Å². The normalized spacial score (nSPS) is 17.0.